The molecule has 2 saturated heterocycles. The van der Waals surface area contributed by atoms with Crippen LogP contribution in [-0.2, 0) is 20.7 Å². The van der Waals surface area contributed by atoms with Crippen molar-refractivity contribution < 1.29 is 24.2 Å². The molecule has 1 aromatic heterocycles. The summed E-state index contributed by atoms with van der Waals surface area (Å²) in [4.78, 5) is 31.2. The molecule has 0 saturated carbocycles. The number of anilines is 1. The summed E-state index contributed by atoms with van der Waals surface area (Å²) >= 11 is 5.94. The smallest absolute Gasteiger partial charge is 0.322 e. The highest BCUT2D eigenvalue weighted by Gasteiger charge is 2.40. The molecule has 3 amide bonds. The summed E-state index contributed by atoms with van der Waals surface area (Å²) in [6.07, 6.45) is 4.28. The van der Waals surface area contributed by atoms with Crippen LogP contribution >= 0.6 is 11.6 Å². The minimum absolute atomic E-state index is 0.0676. The second-order valence-corrected chi connectivity index (χ2v) is 9.32. The van der Waals surface area contributed by atoms with Crippen LogP contribution in [0.2, 0.25) is 5.02 Å². The van der Waals surface area contributed by atoms with Crippen molar-refractivity contribution in [2.45, 2.75) is 50.0 Å². The molecule has 1 aromatic carbocycles. The summed E-state index contributed by atoms with van der Waals surface area (Å²) in [5.41, 5.74) is 1.73. The van der Waals surface area contributed by atoms with Crippen molar-refractivity contribution in [2.75, 3.05) is 31.6 Å². The molecule has 188 valence electrons. The van der Waals surface area contributed by atoms with Crippen LogP contribution in [0.3, 0.4) is 0 Å². The van der Waals surface area contributed by atoms with Crippen LogP contribution in [0.4, 0.5) is 10.5 Å². The number of nitrogens with one attached hydrogen (secondary N) is 2. The molecule has 2 aliphatic rings. The zero-order valence-electron chi connectivity index (χ0n) is 19.4. The van der Waals surface area contributed by atoms with E-state index in [1.807, 2.05) is 12.1 Å². The first-order chi connectivity index (χ1) is 17.0. The number of urea groups is 1. The van der Waals surface area contributed by atoms with Gasteiger partial charge in [0.1, 0.15) is 6.10 Å². The maximum atomic E-state index is 13.1. The Hall–Kier alpha value is -2.72. The minimum Gasteiger partial charge on any atom is -0.389 e. The number of carbonyl (C=O) groups excluding carboxylic acids is 2. The molecule has 2 aliphatic heterocycles. The number of fused-ring (bicyclic) bond motifs is 1. The highest BCUT2D eigenvalue weighted by molar-refractivity contribution is 6.30. The van der Waals surface area contributed by atoms with Crippen LogP contribution in [0.1, 0.15) is 24.8 Å². The van der Waals surface area contributed by atoms with E-state index >= 15 is 0 Å². The zero-order valence-corrected chi connectivity index (χ0v) is 20.2. The summed E-state index contributed by atoms with van der Waals surface area (Å²) in [5, 5.41) is 16.7. The topological polar surface area (TPSA) is 113 Å². The van der Waals surface area contributed by atoms with Gasteiger partial charge in [0.05, 0.1) is 44.4 Å². The third-order valence-corrected chi connectivity index (χ3v) is 6.49. The van der Waals surface area contributed by atoms with E-state index in [1.54, 1.807) is 41.6 Å². The molecule has 9 nitrogen and oxygen atoms in total. The van der Waals surface area contributed by atoms with Crippen molar-refractivity contribution in [3.63, 3.8) is 0 Å². The Balaban J connectivity index is 1.32. The Kier molecular flexibility index (Phi) is 8.92. The van der Waals surface area contributed by atoms with Gasteiger partial charge in [-0.1, -0.05) is 11.6 Å². The van der Waals surface area contributed by atoms with E-state index in [4.69, 9.17) is 21.1 Å². The molecule has 3 N–H and O–H groups in total. The summed E-state index contributed by atoms with van der Waals surface area (Å²) in [6, 6.07) is 10.1. The summed E-state index contributed by atoms with van der Waals surface area (Å²) in [6.45, 7) is 1.02. The second-order valence-electron chi connectivity index (χ2n) is 8.88. The lowest BCUT2D eigenvalue weighted by molar-refractivity contribution is -0.149. The Bertz CT molecular complexity index is 978. The van der Waals surface area contributed by atoms with Crippen LogP contribution < -0.4 is 10.6 Å². The van der Waals surface area contributed by atoms with Gasteiger partial charge in [0.25, 0.3) is 0 Å². The SMILES string of the molecule is O=C(C[C@H]1CC[C@H]2[C@@H](COC[C@H](O)CN2C(=O)Nc2ccc(Cl)cc2)O1)NCCc1ccncc1. The van der Waals surface area contributed by atoms with Crippen molar-refractivity contribution >= 4 is 29.2 Å². The summed E-state index contributed by atoms with van der Waals surface area (Å²) in [7, 11) is 0. The predicted molar refractivity (Wildman–Crippen MR) is 131 cm³/mol. The molecule has 2 fully saturated rings. The molecule has 4 rings (SSSR count). The predicted octanol–water partition coefficient (Wildman–Crippen LogP) is 2.63. The van der Waals surface area contributed by atoms with Crippen LogP contribution in [0.25, 0.3) is 0 Å². The molecule has 0 bridgehead atoms. The lowest BCUT2D eigenvalue weighted by Gasteiger charge is -2.44. The number of aromatic nitrogens is 1. The van der Waals surface area contributed by atoms with Crippen molar-refractivity contribution in [1.82, 2.24) is 15.2 Å². The number of aliphatic hydroxyl groups is 1. The van der Waals surface area contributed by atoms with E-state index in [2.05, 4.69) is 15.6 Å². The largest absolute Gasteiger partial charge is 0.389 e. The Morgan fingerprint density at radius 2 is 1.89 bits per heavy atom. The number of rotatable bonds is 6. The normalized spacial score (nSPS) is 24.6. The number of hydrogen-bond donors (Lipinski definition) is 3. The molecule has 0 aliphatic carbocycles. The number of ether oxygens (including phenoxy) is 2. The van der Waals surface area contributed by atoms with Gasteiger partial charge in [-0.25, -0.2) is 4.79 Å². The third kappa shape index (κ3) is 7.38. The molecule has 4 atom stereocenters. The van der Waals surface area contributed by atoms with E-state index in [0.29, 0.717) is 30.1 Å². The fraction of sp³-hybridized carbons (Fsp3) is 0.480. The van der Waals surface area contributed by atoms with Gasteiger partial charge in [0.2, 0.25) is 5.91 Å². The quantitative estimate of drug-likeness (QED) is 0.559. The van der Waals surface area contributed by atoms with E-state index in [-0.39, 0.29) is 56.4 Å². The molecule has 0 unspecified atom stereocenters. The number of nitrogens with zero attached hydrogens (tertiary/aromatic N) is 2. The molecular formula is C25H31ClN4O5. The number of carbonyl (C=O) groups is 2. The Morgan fingerprint density at radius 3 is 2.66 bits per heavy atom. The summed E-state index contributed by atoms with van der Waals surface area (Å²) in [5.74, 6) is -0.0676. The number of β-amino-alcohol motifs (C(OH)–C–C–N with tert-alkyl or cyclic N) is 1. The highest BCUT2D eigenvalue weighted by atomic mass is 35.5. The Labute approximate surface area is 209 Å². The number of halogens is 1. The van der Waals surface area contributed by atoms with E-state index in [9.17, 15) is 14.7 Å². The average Bonchev–Trinajstić information content (AvgIpc) is 2.84. The van der Waals surface area contributed by atoms with Gasteiger partial charge in [-0.2, -0.15) is 0 Å². The van der Waals surface area contributed by atoms with Crippen LogP contribution in [0.15, 0.2) is 48.8 Å². The molecular weight excluding hydrogens is 472 g/mol. The molecule has 2 aromatic rings. The monoisotopic (exact) mass is 502 g/mol. The molecule has 0 radical (unpaired) electrons. The molecule has 35 heavy (non-hydrogen) atoms. The summed E-state index contributed by atoms with van der Waals surface area (Å²) < 4.78 is 11.9. The highest BCUT2D eigenvalue weighted by Crippen LogP contribution is 2.28. The van der Waals surface area contributed by atoms with Gasteiger partial charge in [-0.15, -0.1) is 0 Å². The second kappa shape index (κ2) is 12.3. The van der Waals surface area contributed by atoms with Gasteiger partial charge in [0.15, 0.2) is 0 Å². The third-order valence-electron chi connectivity index (χ3n) is 6.24. The lowest BCUT2D eigenvalue weighted by Crippen LogP contribution is -2.58. The average molecular weight is 503 g/mol. The van der Waals surface area contributed by atoms with Gasteiger partial charge >= 0.3 is 6.03 Å². The van der Waals surface area contributed by atoms with Crippen molar-refractivity contribution in [3.05, 3.63) is 59.4 Å². The number of amides is 3. The fourth-order valence-corrected chi connectivity index (χ4v) is 4.60. The van der Waals surface area contributed by atoms with Gasteiger partial charge < -0.3 is 30.1 Å². The van der Waals surface area contributed by atoms with E-state index < -0.39 is 6.10 Å². The molecule has 0 spiro atoms. The van der Waals surface area contributed by atoms with Crippen molar-refractivity contribution in [2.24, 2.45) is 0 Å². The number of hydrogen-bond acceptors (Lipinski definition) is 6. The first kappa shape index (κ1) is 25.4. The van der Waals surface area contributed by atoms with Crippen LogP contribution in [0.5, 0.6) is 0 Å². The van der Waals surface area contributed by atoms with Crippen LogP contribution in [0, 0.1) is 0 Å². The maximum absolute atomic E-state index is 13.1. The van der Waals surface area contributed by atoms with Gasteiger partial charge in [-0.05, 0) is 61.2 Å². The van der Waals surface area contributed by atoms with E-state index in [1.165, 1.54) is 0 Å². The first-order valence-corrected chi connectivity index (χ1v) is 12.3. The number of pyridine rings is 1. The number of aliphatic hydroxyl groups excluding tert-OH is 1. The molecule has 10 heteroatoms. The maximum Gasteiger partial charge on any atom is 0.322 e. The number of benzene rings is 1. The van der Waals surface area contributed by atoms with Gasteiger partial charge in [0, 0.05) is 29.6 Å². The van der Waals surface area contributed by atoms with E-state index in [0.717, 1.165) is 12.0 Å². The Morgan fingerprint density at radius 1 is 1.11 bits per heavy atom. The van der Waals surface area contributed by atoms with Crippen LogP contribution in [-0.4, -0.2) is 77.6 Å². The van der Waals surface area contributed by atoms with Crippen molar-refractivity contribution in [1.29, 1.82) is 0 Å². The minimum atomic E-state index is -0.796. The first-order valence-electron chi connectivity index (χ1n) is 11.9. The fourth-order valence-electron chi connectivity index (χ4n) is 4.48. The van der Waals surface area contributed by atoms with Gasteiger partial charge in [-0.3, -0.25) is 9.78 Å². The molecule has 3 heterocycles. The van der Waals surface area contributed by atoms with Crippen molar-refractivity contribution in [3.8, 4) is 0 Å². The zero-order chi connectivity index (χ0) is 24.6. The lowest BCUT2D eigenvalue weighted by atomic mass is 9.95. The standard InChI is InChI=1S/C25H31ClN4O5/c26-18-1-3-19(4-2-18)29-25(33)30-14-20(31)15-34-16-23-22(30)6-5-21(35-23)13-24(32)28-12-9-17-7-10-27-11-8-17/h1-4,7-8,10-11,20-23,31H,5-6,9,12-16H2,(H,28,32)(H,29,33)/t20-,21-,22+,23-/m1/s1.